The smallest absolute Gasteiger partial charge is 0.262 e. The van der Waals surface area contributed by atoms with Crippen molar-refractivity contribution in [2.24, 2.45) is 0 Å². The highest BCUT2D eigenvalue weighted by Gasteiger charge is 2.42. The van der Waals surface area contributed by atoms with Gasteiger partial charge in [0, 0.05) is 37.3 Å². The first-order valence-electron chi connectivity index (χ1n) is 8.91. The molecule has 0 atom stereocenters. The predicted molar refractivity (Wildman–Crippen MR) is 105 cm³/mol. The molecule has 28 heavy (non-hydrogen) atoms. The van der Waals surface area contributed by atoms with Gasteiger partial charge in [-0.2, -0.15) is 0 Å². The van der Waals surface area contributed by atoms with E-state index < -0.39 is 16.3 Å². The van der Waals surface area contributed by atoms with Crippen molar-refractivity contribution in [3.63, 3.8) is 0 Å². The van der Waals surface area contributed by atoms with Gasteiger partial charge in [-0.25, -0.2) is 0 Å². The SMILES string of the molecule is CC(C)(C)N1C(=O)c2ccc(C(=O)N3CCN(C(=O)C(Cl)Cl)CC3)cc2C1=O. The van der Waals surface area contributed by atoms with Gasteiger partial charge >= 0.3 is 0 Å². The summed E-state index contributed by atoms with van der Waals surface area (Å²) in [6.07, 6.45) is 0. The van der Waals surface area contributed by atoms with Crippen molar-refractivity contribution < 1.29 is 19.2 Å². The number of benzene rings is 1. The lowest BCUT2D eigenvalue weighted by Gasteiger charge is -2.35. The molecule has 0 aliphatic carbocycles. The zero-order valence-electron chi connectivity index (χ0n) is 15.9. The number of piperazine rings is 1. The van der Waals surface area contributed by atoms with E-state index in [0.29, 0.717) is 37.3 Å². The maximum atomic E-state index is 12.8. The van der Waals surface area contributed by atoms with Crippen molar-refractivity contribution >= 4 is 46.8 Å². The predicted octanol–water partition coefficient (Wildman–Crippen LogP) is 2.17. The summed E-state index contributed by atoms with van der Waals surface area (Å²) in [6.45, 7) is 6.70. The Labute approximate surface area is 173 Å². The molecule has 0 saturated carbocycles. The lowest BCUT2D eigenvalue weighted by Crippen LogP contribution is -2.51. The number of imide groups is 1. The highest BCUT2D eigenvalue weighted by Crippen LogP contribution is 2.30. The maximum Gasteiger partial charge on any atom is 0.262 e. The molecule has 2 heterocycles. The molecule has 0 bridgehead atoms. The Bertz CT molecular complexity index is 855. The second kappa shape index (κ2) is 7.37. The lowest BCUT2D eigenvalue weighted by atomic mass is 10.0. The average molecular weight is 426 g/mol. The van der Waals surface area contributed by atoms with Crippen molar-refractivity contribution in [1.29, 1.82) is 0 Å². The summed E-state index contributed by atoms with van der Waals surface area (Å²) >= 11 is 11.2. The van der Waals surface area contributed by atoms with Gasteiger partial charge in [0.15, 0.2) is 4.84 Å². The van der Waals surface area contributed by atoms with E-state index >= 15 is 0 Å². The number of rotatable bonds is 2. The first-order chi connectivity index (χ1) is 13.0. The van der Waals surface area contributed by atoms with E-state index in [1.165, 1.54) is 21.9 Å². The summed E-state index contributed by atoms with van der Waals surface area (Å²) in [5.41, 5.74) is 0.236. The fourth-order valence-corrected chi connectivity index (χ4v) is 3.71. The standard InChI is InChI=1S/C19H21Cl2N3O4/c1-19(2,3)24-16(26)12-5-4-11(10-13(12)17(24)27)15(25)22-6-8-23(9-7-22)18(28)14(20)21/h4-5,10,14H,6-9H2,1-3H3. The van der Waals surface area contributed by atoms with Crippen LogP contribution in [0.5, 0.6) is 0 Å². The molecule has 9 heteroatoms. The molecule has 2 aliphatic heterocycles. The molecule has 4 amide bonds. The molecule has 1 saturated heterocycles. The van der Waals surface area contributed by atoms with Crippen molar-refractivity contribution in [3.8, 4) is 0 Å². The third kappa shape index (κ3) is 3.61. The normalized spacial score (nSPS) is 17.4. The number of fused-ring (bicyclic) bond motifs is 1. The Hall–Kier alpha value is -2.12. The Balaban J connectivity index is 1.76. The van der Waals surface area contributed by atoms with Crippen LogP contribution in [0.15, 0.2) is 18.2 Å². The second-order valence-corrected chi connectivity index (χ2v) is 8.89. The molecule has 1 aromatic carbocycles. The number of hydrogen-bond acceptors (Lipinski definition) is 4. The van der Waals surface area contributed by atoms with Gasteiger partial charge in [0.1, 0.15) is 0 Å². The number of carbonyl (C=O) groups is 4. The highest BCUT2D eigenvalue weighted by molar-refractivity contribution is 6.53. The van der Waals surface area contributed by atoms with Gasteiger partial charge in [0.2, 0.25) is 0 Å². The molecule has 1 fully saturated rings. The number of hydrogen-bond donors (Lipinski definition) is 0. The van der Waals surface area contributed by atoms with Gasteiger partial charge in [0.05, 0.1) is 11.1 Å². The van der Waals surface area contributed by atoms with Gasteiger partial charge in [0.25, 0.3) is 23.6 Å². The lowest BCUT2D eigenvalue weighted by molar-refractivity contribution is -0.130. The molecule has 0 radical (unpaired) electrons. The zero-order chi connectivity index (χ0) is 20.8. The molecule has 0 aromatic heterocycles. The summed E-state index contributed by atoms with van der Waals surface area (Å²) in [4.78, 5) is 53.1. The van der Waals surface area contributed by atoms with Gasteiger partial charge in [-0.15, -0.1) is 0 Å². The number of nitrogens with zero attached hydrogens (tertiary/aromatic N) is 3. The minimum Gasteiger partial charge on any atom is -0.337 e. The first kappa shape index (κ1) is 20.6. The van der Waals surface area contributed by atoms with Crippen molar-refractivity contribution in [1.82, 2.24) is 14.7 Å². The van der Waals surface area contributed by atoms with Crippen LogP contribution in [-0.2, 0) is 4.79 Å². The molecule has 3 rings (SSSR count). The van der Waals surface area contributed by atoms with E-state index in [1.807, 2.05) is 0 Å². The van der Waals surface area contributed by atoms with Gasteiger partial charge in [-0.3, -0.25) is 24.1 Å². The minimum atomic E-state index is -1.12. The number of carbonyl (C=O) groups excluding carboxylic acids is 4. The molecule has 0 N–H and O–H groups in total. The number of amides is 4. The third-order valence-electron chi connectivity index (χ3n) is 4.87. The summed E-state index contributed by atoms with van der Waals surface area (Å²) < 4.78 is 0. The minimum absolute atomic E-state index is 0.242. The largest absolute Gasteiger partial charge is 0.337 e. The molecule has 2 aliphatic rings. The molecule has 0 unspecified atom stereocenters. The molecule has 1 aromatic rings. The molecule has 150 valence electrons. The Morgan fingerprint density at radius 3 is 2.00 bits per heavy atom. The fourth-order valence-electron chi connectivity index (χ4n) is 3.43. The Morgan fingerprint density at radius 2 is 1.46 bits per heavy atom. The first-order valence-corrected chi connectivity index (χ1v) is 9.79. The fraction of sp³-hybridized carbons (Fsp3) is 0.474. The van der Waals surface area contributed by atoms with E-state index in [9.17, 15) is 19.2 Å². The van der Waals surface area contributed by atoms with Crippen LogP contribution in [0.1, 0.15) is 51.8 Å². The maximum absolute atomic E-state index is 12.8. The van der Waals surface area contributed by atoms with Crippen LogP contribution in [-0.4, -0.2) is 74.9 Å². The monoisotopic (exact) mass is 425 g/mol. The summed E-state index contributed by atoms with van der Waals surface area (Å²) in [7, 11) is 0. The van der Waals surface area contributed by atoms with Crippen molar-refractivity contribution in [2.45, 2.75) is 31.1 Å². The number of halogens is 2. The van der Waals surface area contributed by atoms with Crippen LogP contribution in [0.4, 0.5) is 0 Å². The third-order valence-corrected chi connectivity index (χ3v) is 5.24. The quantitative estimate of drug-likeness (QED) is 0.537. The van der Waals surface area contributed by atoms with Crippen LogP contribution >= 0.6 is 23.2 Å². The zero-order valence-corrected chi connectivity index (χ0v) is 17.4. The van der Waals surface area contributed by atoms with Gasteiger partial charge < -0.3 is 9.80 Å². The van der Waals surface area contributed by atoms with E-state index in [-0.39, 0.29) is 23.3 Å². The van der Waals surface area contributed by atoms with E-state index in [0.717, 1.165) is 0 Å². The van der Waals surface area contributed by atoms with Crippen LogP contribution in [0, 0.1) is 0 Å². The van der Waals surface area contributed by atoms with Crippen molar-refractivity contribution in [3.05, 3.63) is 34.9 Å². The van der Waals surface area contributed by atoms with Crippen LogP contribution in [0.2, 0.25) is 0 Å². The topological polar surface area (TPSA) is 78.0 Å². The van der Waals surface area contributed by atoms with Crippen LogP contribution in [0.3, 0.4) is 0 Å². The Morgan fingerprint density at radius 1 is 0.929 bits per heavy atom. The van der Waals surface area contributed by atoms with Gasteiger partial charge in [-0.05, 0) is 39.0 Å². The van der Waals surface area contributed by atoms with Crippen LogP contribution < -0.4 is 0 Å². The van der Waals surface area contributed by atoms with Crippen LogP contribution in [0.25, 0.3) is 0 Å². The summed E-state index contributed by atoms with van der Waals surface area (Å²) in [6, 6.07) is 4.57. The molecular formula is C19H21Cl2N3O4. The number of alkyl halides is 2. The highest BCUT2D eigenvalue weighted by atomic mass is 35.5. The van der Waals surface area contributed by atoms with E-state index in [4.69, 9.17) is 23.2 Å². The van der Waals surface area contributed by atoms with Crippen molar-refractivity contribution in [2.75, 3.05) is 26.2 Å². The molecule has 0 spiro atoms. The molecular weight excluding hydrogens is 405 g/mol. The summed E-state index contributed by atoms with van der Waals surface area (Å²) in [5.74, 6) is -1.37. The second-order valence-electron chi connectivity index (χ2n) is 7.80. The Kier molecular flexibility index (Phi) is 5.42. The molecule has 7 nitrogen and oxygen atoms in total. The summed E-state index contributed by atoms with van der Waals surface area (Å²) in [5, 5.41) is 0. The average Bonchev–Trinajstić information content (AvgIpc) is 2.90. The van der Waals surface area contributed by atoms with Gasteiger partial charge in [-0.1, -0.05) is 23.2 Å². The van der Waals surface area contributed by atoms with E-state index in [2.05, 4.69) is 0 Å². The van der Waals surface area contributed by atoms with E-state index in [1.54, 1.807) is 31.7 Å².